The molecule has 1 aromatic heterocycles. The first-order valence-corrected chi connectivity index (χ1v) is 6.08. The van der Waals surface area contributed by atoms with Gasteiger partial charge in [-0.15, -0.1) is 0 Å². The highest BCUT2D eigenvalue weighted by Crippen LogP contribution is 2.28. The maximum Gasteiger partial charge on any atom is 0.306 e. The molecule has 0 unspecified atom stereocenters. The molecule has 102 valence electrons. The molecule has 0 aromatic carbocycles. The van der Waals surface area contributed by atoms with Crippen molar-refractivity contribution in [3.8, 4) is 0 Å². The number of carboxylic acids is 1. The molecule has 1 heterocycles. The molecule has 1 aliphatic carbocycles. The molecule has 0 spiro atoms. The second-order valence-electron chi connectivity index (χ2n) is 4.75. The van der Waals surface area contributed by atoms with Crippen LogP contribution in [0.15, 0.2) is 12.1 Å². The van der Waals surface area contributed by atoms with E-state index in [0.29, 0.717) is 24.4 Å². The number of nitrogens with zero attached hydrogens (tertiary/aromatic N) is 2. The number of hydrogen-bond donors (Lipinski definition) is 2. The summed E-state index contributed by atoms with van der Waals surface area (Å²) >= 11 is 0. The van der Waals surface area contributed by atoms with Crippen molar-refractivity contribution in [3.63, 3.8) is 0 Å². The third-order valence-corrected chi connectivity index (χ3v) is 3.39. The zero-order valence-electron chi connectivity index (χ0n) is 10.5. The number of nitrogens with one attached hydrogen (secondary N) is 1. The first kappa shape index (κ1) is 13.3. The van der Waals surface area contributed by atoms with Crippen molar-refractivity contribution >= 4 is 17.5 Å². The van der Waals surface area contributed by atoms with Crippen molar-refractivity contribution in [2.24, 2.45) is 5.92 Å². The van der Waals surface area contributed by atoms with Crippen LogP contribution in [0.2, 0.25) is 0 Å². The molecule has 0 aliphatic heterocycles. The Bertz CT molecular complexity index is 518. The third kappa shape index (κ3) is 2.98. The number of carbonyl (C=O) groups is 1. The highest BCUT2D eigenvalue weighted by molar-refractivity contribution is 5.70. The largest absolute Gasteiger partial charge is 0.481 e. The summed E-state index contributed by atoms with van der Waals surface area (Å²) in [5.41, 5.74) is 0.336. The topological polar surface area (TPSA) is 105 Å². The number of aromatic nitrogens is 1. The van der Waals surface area contributed by atoms with Crippen LogP contribution >= 0.6 is 0 Å². The Morgan fingerprint density at radius 1 is 1.53 bits per heavy atom. The summed E-state index contributed by atoms with van der Waals surface area (Å²) in [7, 11) is 0. The van der Waals surface area contributed by atoms with Gasteiger partial charge in [0.25, 0.3) is 5.69 Å². The second kappa shape index (κ2) is 5.21. The van der Waals surface area contributed by atoms with Crippen molar-refractivity contribution in [1.82, 2.24) is 4.98 Å². The van der Waals surface area contributed by atoms with Gasteiger partial charge in [-0.25, -0.2) is 4.98 Å². The molecule has 0 bridgehead atoms. The molecule has 0 radical (unpaired) electrons. The highest BCUT2D eigenvalue weighted by atomic mass is 16.6. The maximum absolute atomic E-state index is 10.9. The molecule has 2 atom stereocenters. The standard InChI is InChI=1S/C12H15N3O4/c1-7-10(15(18)19)4-5-11(13-7)14-9-3-2-8(6-9)12(16)17/h4-5,8-9H,2-3,6H2,1H3,(H,13,14)(H,16,17)/t8-,9+/m1/s1. The van der Waals surface area contributed by atoms with E-state index in [1.807, 2.05) is 0 Å². The van der Waals surface area contributed by atoms with Crippen LogP contribution in [0, 0.1) is 23.0 Å². The lowest BCUT2D eigenvalue weighted by molar-refractivity contribution is -0.385. The normalized spacial score (nSPS) is 22.2. The number of aliphatic carboxylic acids is 1. The SMILES string of the molecule is Cc1nc(N[C@H]2CC[C@@H](C(=O)O)C2)ccc1[N+](=O)[O-]. The van der Waals surface area contributed by atoms with E-state index in [1.165, 1.54) is 6.07 Å². The van der Waals surface area contributed by atoms with Gasteiger partial charge >= 0.3 is 5.97 Å². The van der Waals surface area contributed by atoms with Gasteiger partial charge in [-0.2, -0.15) is 0 Å². The van der Waals surface area contributed by atoms with Crippen molar-refractivity contribution in [2.45, 2.75) is 32.2 Å². The molecule has 2 N–H and O–H groups in total. The summed E-state index contributed by atoms with van der Waals surface area (Å²) in [6, 6.07) is 3.03. The van der Waals surface area contributed by atoms with Crippen LogP contribution in [-0.2, 0) is 4.79 Å². The Labute approximate surface area is 109 Å². The van der Waals surface area contributed by atoms with Crippen LogP contribution in [0.1, 0.15) is 25.0 Å². The number of pyridine rings is 1. The Morgan fingerprint density at radius 3 is 2.79 bits per heavy atom. The van der Waals surface area contributed by atoms with Gasteiger partial charge in [0.1, 0.15) is 11.5 Å². The van der Waals surface area contributed by atoms with E-state index < -0.39 is 10.9 Å². The molecular weight excluding hydrogens is 250 g/mol. The average Bonchev–Trinajstić information content (AvgIpc) is 2.77. The molecule has 1 fully saturated rings. The number of nitro groups is 1. The number of aryl methyl sites for hydroxylation is 1. The highest BCUT2D eigenvalue weighted by Gasteiger charge is 2.29. The van der Waals surface area contributed by atoms with Crippen molar-refractivity contribution < 1.29 is 14.8 Å². The maximum atomic E-state index is 10.9. The lowest BCUT2D eigenvalue weighted by Crippen LogP contribution is -2.18. The van der Waals surface area contributed by atoms with Gasteiger partial charge in [-0.1, -0.05) is 0 Å². The second-order valence-corrected chi connectivity index (χ2v) is 4.75. The van der Waals surface area contributed by atoms with Crippen molar-refractivity contribution in [3.05, 3.63) is 27.9 Å². The molecule has 19 heavy (non-hydrogen) atoms. The van der Waals surface area contributed by atoms with Crippen molar-refractivity contribution in [2.75, 3.05) is 5.32 Å². The summed E-state index contributed by atoms with van der Waals surface area (Å²) in [5.74, 6) is -0.520. The van der Waals surface area contributed by atoms with Crippen LogP contribution in [-0.4, -0.2) is 27.0 Å². The van der Waals surface area contributed by atoms with Gasteiger partial charge in [-0.3, -0.25) is 14.9 Å². The van der Waals surface area contributed by atoms with E-state index in [4.69, 9.17) is 5.11 Å². The predicted molar refractivity (Wildman–Crippen MR) is 68.0 cm³/mol. The van der Waals surface area contributed by atoms with Gasteiger partial charge in [-0.05, 0) is 32.3 Å². The smallest absolute Gasteiger partial charge is 0.306 e. The average molecular weight is 265 g/mol. The first-order chi connectivity index (χ1) is 8.97. The van der Waals surface area contributed by atoms with Crippen molar-refractivity contribution in [1.29, 1.82) is 0 Å². The zero-order valence-corrected chi connectivity index (χ0v) is 10.5. The Balaban J connectivity index is 2.03. The first-order valence-electron chi connectivity index (χ1n) is 6.08. The van der Waals surface area contributed by atoms with Crippen LogP contribution in [0.25, 0.3) is 0 Å². The van der Waals surface area contributed by atoms with E-state index in [2.05, 4.69) is 10.3 Å². The van der Waals surface area contributed by atoms with Crippen LogP contribution in [0.5, 0.6) is 0 Å². The molecule has 2 rings (SSSR count). The lowest BCUT2D eigenvalue weighted by atomic mass is 10.1. The van der Waals surface area contributed by atoms with Gasteiger partial charge < -0.3 is 10.4 Å². The van der Waals surface area contributed by atoms with E-state index >= 15 is 0 Å². The van der Waals surface area contributed by atoms with Crippen LogP contribution in [0.3, 0.4) is 0 Å². The van der Waals surface area contributed by atoms with Gasteiger partial charge in [0, 0.05) is 12.1 Å². The zero-order chi connectivity index (χ0) is 14.0. The molecule has 0 saturated heterocycles. The molecule has 7 nitrogen and oxygen atoms in total. The molecule has 7 heteroatoms. The fourth-order valence-electron chi connectivity index (χ4n) is 2.37. The number of carboxylic acid groups (broad SMARTS) is 1. The Hall–Kier alpha value is -2.18. The van der Waals surface area contributed by atoms with E-state index in [1.54, 1.807) is 13.0 Å². The summed E-state index contributed by atoms with van der Waals surface area (Å²) in [6.07, 6.45) is 1.99. The molecule has 0 amide bonds. The third-order valence-electron chi connectivity index (χ3n) is 3.39. The summed E-state index contributed by atoms with van der Waals surface area (Å²) in [6.45, 7) is 1.58. The molecule has 1 aromatic rings. The number of anilines is 1. The Kier molecular flexibility index (Phi) is 3.64. The minimum Gasteiger partial charge on any atom is -0.481 e. The summed E-state index contributed by atoms with van der Waals surface area (Å²) in [4.78, 5) is 25.2. The number of hydrogen-bond acceptors (Lipinski definition) is 5. The predicted octanol–water partition coefficient (Wildman–Crippen LogP) is 1.96. The van der Waals surface area contributed by atoms with Gasteiger partial charge in [0.05, 0.1) is 10.8 Å². The van der Waals surface area contributed by atoms with E-state index in [9.17, 15) is 14.9 Å². The van der Waals surface area contributed by atoms with Gasteiger partial charge in [0.2, 0.25) is 0 Å². The fraction of sp³-hybridized carbons (Fsp3) is 0.500. The lowest BCUT2D eigenvalue weighted by Gasteiger charge is -2.13. The number of rotatable bonds is 4. The minimum absolute atomic E-state index is 0.0135. The van der Waals surface area contributed by atoms with Gasteiger partial charge in [0.15, 0.2) is 0 Å². The molecular formula is C12H15N3O4. The van der Waals surface area contributed by atoms with E-state index in [-0.39, 0.29) is 17.6 Å². The fourth-order valence-corrected chi connectivity index (χ4v) is 2.37. The quantitative estimate of drug-likeness (QED) is 0.636. The summed E-state index contributed by atoms with van der Waals surface area (Å²) in [5, 5.41) is 22.7. The molecule has 1 aliphatic rings. The van der Waals surface area contributed by atoms with Crippen LogP contribution in [0.4, 0.5) is 11.5 Å². The monoisotopic (exact) mass is 265 g/mol. The van der Waals surface area contributed by atoms with E-state index in [0.717, 1.165) is 6.42 Å². The summed E-state index contributed by atoms with van der Waals surface area (Å²) < 4.78 is 0. The van der Waals surface area contributed by atoms with Crippen LogP contribution < -0.4 is 5.32 Å². The Morgan fingerprint density at radius 2 is 2.26 bits per heavy atom. The minimum atomic E-state index is -0.767. The molecule has 1 saturated carbocycles.